The Labute approximate surface area is 79.1 Å². The highest BCUT2D eigenvalue weighted by molar-refractivity contribution is 4.98. The second-order valence-corrected chi connectivity index (χ2v) is 2.80. The fraction of sp³-hybridized carbons (Fsp3) is 0.500. The Morgan fingerprint density at radius 2 is 2.54 bits per heavy atom. The van der Waals surface area contributed by atoms with Crippen LogP contribution in [0.25, 0.3) is 0 Å². The minimum Gasteiger partial charge on any atom is -0.311 e. The van der Waals surface area contributed by atoms with Gasteiger partial charge in [0.25, 0.3) is 0 Å². The smallest absolute Gasteiger partial charge is 0.0762 e. The molecule has 0 fully saturated rings. The Bertz CT molecular complexity index is 283. The molecule has 0 amide bonds. The first-order chi connectivity index (χ1) is 6.36. The predicted molar refractivity (Wildman–Crippen MR) is 53.1 cm³/mol. The third kappa shape index (κ3) is 3.30. The molecule has 1 aromatic rings. The molecule has 1 rings (SSSR count). The summed E-state index contributed by atoms with van der Waals surface area (Å²) in [5.41, 5.74) is 1.07. The van der Waals surface area contributed by atoms with Crippen LogP contribution in [0.4, 0.5) is 0 Å². The lowest BCUT2D eigenvalue weighted by molar-refractivity contribution is 0.607. The van der Waals surface area contributed by atoms with Crippen molar-refractivity contribution in [3.63, 3.8) is 0 Å². The van der Waals surface area contributed by atoms with Crippen molar-refractivity contribution in [1.29, 1.82) is 0 Å². The molecule has 0 unspecified atom stereocenters. The summed E-state index contributed by atoms with van der Waals surface area (Å²) in [7, 11) is 0. The van der Waals surface area contributed by atoms with Gasteiger partial charge >= 0.3 is 0 Å². The number of rotatable bonds is 5. The number of nitrogens with one attached hydrogen (secondary N) is 1. The molecule has 0 saturated carbocycles. The van der Waals surface area contributed by atoms with E-state index < -0.39 is 0 Å². The summed E-state index contributed by atoms with van der Waals surface area (Å²) in [6.07, 6.45) is 7.86. The molecule has 0 aliphatic heterocycles. The number of terminal acetylenes is 1. The van der Waals surface area contributed by atoms with Gasteiger partial charge in [-0.25, -0.2) is 0 Å². The van der Waals surface area contributed by atoms with Gasteiger partial charge in [-0.15, -0.1) is 12.3 Å². The van der Waals surface area contributed by atoms with Crippen LogP contribution in [0, 0.1) is 12.3 Å². The van der Waals surface area contributed by atoms with Crippen LogP contribution < -0.4 is 5.32 Å². The fourth-order valence-electron chi connectivity index (χ4n) is 1.05. The highest BCUT2D eigenvalue weighted by Crippen LogP contribution is 1.95. The van der Waals surface area contributed by atoms with Crippen LogP contribution >= 0.6 is 0 Å². The molecule has 70 valence electrons. The van der Waals surface area contributed by atoms with E-state index in [1.165, 1.54) is 0 Å². The minimum absolute atomic E-state index is 0.738. The van der Waals surface area contributed by atoms with Crippen molar-refractivity contribution in [3.8, 4) is 12.3 Å². The monoisotopic (exact) mass is 177 g/mol. The average molecular weight is 177 g/mol. The molecule has 13 heavy (non-hydrogen) atoms. The van der Waals surface area contributed by atoms with E-state index in [1.807, 2.05) is 16.9 Å². The molecule has 0 spiro atoms. The highest BCUT2D eigenvalue weighted by atomic mass is 15.3. The summed E-state index contributed by atoms with van der Waals surface area (Å²) < 4.78 is 1.88. The molecule has 1 N–H and O–H groups in total. The number of aromatic nitrogens is 2. The van der Waals surface area contributed by atoms with Gasteiger partial charge in [-0.3, -0.25) is 4.68 Å². The van der Waals surface area contributed by atoms with Crippen molar-refractivity contribution in [3.05, 3.63) is 18.0 Å². The molecular formula is C10H15N3. The Kier molecular flexibility index (Phi) is 4.07. The Morgan fingerprint density at radius 3 is 3.23 bits per heavy atom. The standard InChI is InChI=1S/C10H15N3/c1-3-5-7-13-8-6-10(12-13)9-11-4-2/h1,6,8,11H,4-5,7,9H2,2H3. The first kappa shape index (κ1) is 9.82. The number of aryl methyl sites for hydroxylation is 1. The normalized spacial score (nSPS) is 9.85. The second-order valence-electron chi connectivity index (χ2n) is 2.80. The van der Waals surface area contributed by atoms with Crippen LogP contribution in [0.1, 0.15) is 19.0 Å². The van der Waals surface area contributed by atoms with Crippen molar-refractivity contribution < 1.29 is 0 Å². The molecule has 0 aromatic carbocycles. The molecule has 0 aliphatic rings. The molecule has 0 atom stereocenters. The summed E-state index contributed by atoms with van der Waals surface area (Å²) in [5.74, 6) is 2.59. The first-order valence-electron chi connectivity index (χ1n) is 4.53. The van der Waals surface area contributed by atoms with E-state index in [9.17, 15) is 0 Å². The summed E-state index contributed by atoms with van der Waals surface area (Å²) in [6.45, 7) is 4.69. The molecule has 0 aliphatic carbocycles. The van der Waals surface area contributed by atoms with Crippen molar-refractivity contribution in [2.75, 3.05) is 6.54 Å². The van der Waals surface area contributed by atoms with E-state index in [-0.39, 0.29) is 0 Å². The zero-order chi connectivity index (χ0) is 9.52. The van der Waals surface area contributed by atoms with Gasteiger partial charge in [0.1, 0.15) is 0 Å². The maximum atomic E-state index is 5.16. The van der Waals surface area contributed by atoms with Gasteiger partial charge in [0.2, 0.25) is 0 Å². The zero-order valence-corrected chi connectivity index (χ0v) is 7.95. The summed E-state index contributed by atoms with van der Waals surface area (Å²) >= 11 is 0. The van der Waals surface area contributed by atoms with Crippen molar-refractivity contribution in [2.24, 2.45) is 0 Å². The topological polar surface area (TPSA) is 29.9 Å². The lowest BCUT2D eigenvalue weighted by Gasteiger charge is -1.97. The maximum absolute atomic E-state index is 5.16. The molecule has 1 heterocycles. The molecule has 3 heteroatoms. The van der Waals surface area contributed by atoms with Gasteiger partial charge in [0.05, 0.1) is 12.2 Å². The van der Waals surface area contributed by atoms with E-state index in [2.05, 4.69) is 23.3 Å². The third-order valence-corrected chi connectivity index (χ3v) is 1.74. The molecular weight excluding hydrogens is 162 g/mol. The van der Waals surface area contributed by atoms with Crippen LogP contribution in [0.3, 0.4) is 0 Å². The molecule has 3 nitrogen and oxygen atoms in total. The van der Waals surface area contributed by atoms with Gasteiger partial charge in [0, 0.05) is 19.2 Å². The molecule has 0 saturated heterocycles. The van der Waals surface area contributed by atoms with Crippen LogP contribution in [0.15, 0.2) is 12.3 Å². The average Bonchev–Trinajstić information content (AvgIpc) is 2.59. The van der Waals surface area contributed by atoms with Crippen LogP contribution in [0.5, 0.6) is 0 Å². The highest BCUT2D eigenvalue weighted by Gasteiger charge is 1.96. The van der Waals surface area contributed by atoms with Gasteiger partial charge < -0.3 is 5.32 Å². The molecule has 0 bridgehead atoms. The molecule has 1 aromatic heterocycles. The van der Waals surface area contributed by atoms with Crippen LogP contribution in [-0.2, 0) is 13.1 Å². The Hall–Kier alpha value is -1.27. The van der Waals surface area contributed by atoms with E-state index in [0.717, 1.165) is 31.7 Å². The third-order valence-electron chi connectivity index (χ3n) is 1.74. The van der Waals surface area contributed by atoms with Crippen LogP contribution in [0.2, 0.25) is 0 Å². The van der Waals surface area contributed by atoms with Gasteiger partial charge in [0.15, 0.2) is 0 Å². The second kappa shape index (κ2) is 5.39. The van der Waals surface area contributed by atoms with E-state index in [4.69, 9.17) is 6.42 Å². The number of nitrogens with zero attached hydrogens (tertiary/aromatic N) is 2. The summed E-state index contributed by atoms with van der Waals surface area (Å²) in [6, 6.07) is 2.01. The lowest BCUT2D eigenvalue weighted by Crippen LogP contribution is -2.12. The fourth-order valence-corrected chi connectivity index (χ4v) is 1.05. The number of hydrogen-bond acceptors (Lipinski definition) is 2. The van der Waals surface area contributed by atoms with Crippen molar-refractivity contribution in [1.82, 2.24) is 15.1 Å². The SMILES string of the molecule is C#CCCn1ccc(CNCC)n1. The van der Waals surface area contributed by atoms with E-state index in [1.54, 1.807) is 0 Å². The van der Waals surface area contributed by atoms with Crippen LogP contribution in [-0.4, -0.2) is 16.3 Å². The quantitative estimate of drug-likeness (QED) is 0.680. The van der Waals surface area contributed by atoms with Gasteiger partial charge in [-0.1, -0.05) is 6.92 Å². The van der Waals surface area contributed by atoms with E-state index >= 15 is 0 Å². The predicted octanol–water partition coefficient (Wildman–Crippen LogP) is 1.02. The Morgan fingerprint density at radius 1 is 1.69 bits per heavy atom. The van der Waals surface area contributed by atoms with Gasteiger partial charge in [-0.05, 0) is 12.6 Å². The first-order valence-corrected chi connectivity index (χ1v) is 4.53. The summed E-state index contributed by atoms with van der Waals surface area (Å²) in [5, 5.41) is 7.56. The van der Waals surface area contributed by atoms with E-state index in [0.29, 0.717) is 0 Å². The zero-order valence-electron chi connectivity index (χ0n) is 7.95. The Balaban J connectivity index is 2.40. The maximum Gasteiger partial charge on any atom is 0.0762 e. The van der Waals surface area contributed by atoms with Crippen molar-refractivity contribution in [2.45, 2.75) is 26.4 Å². The summed E-state index contributed by atoms with van der Waals surface area (Å²) in [4.78, 5) is 0. The molecule has 0 radical (unpaired) electrons. The van der Waals surface area contributed by atoms with Gasteiger partial charge in [-0.2, -0.15) is 5.10 Å². The largest absolute Gasteiger partial charge is 0.311 e. The lowest BCUT2D eigenvalue weighted by atomic mass is 10.4. The number of hydrogen-bond donors (Lipinski definition) is 1. The minimum atomic E-state index is 0.738. The van der Waals surface area contributed by atoms with Crippen molar-refractivity contribution >= 4 is 0 Å².